The van der Waals surface area contributed by atoms with Gasteiger partial charge in [0.1, 0.15) is 17.3 Å². The Balaban J connectivity index is 1.46. The molecule has 0 atom stereocenters. The van der Waals surface area contributed by atoms with Gasteiger partial charge in [-0.05, 0) is 48.5 Å². The first kappa shape index (κ1) is 17.1. The molecule has 0 fully saturated rings. The van der Waals surface area contributed by atoms with Crippen molar-refractivity contribution < 1.29 is 23.5 Å². The van der Waals surface area contributed by atoms with E-state index < -0.39 is 0 Å². The fourth-order valence-corrected chi connectivity index (χ4v) is 2.75. The Morgan fingerprint density at radius 3 is 2.67 bits per heavy atom. The van der Waals surface area contributed by atoms with Crippen LogP contribution in [0.5, 0.6) is 11.5 Å². The lowest BCUT2D eigenvalue weighted by Crippen LogP contribution is -2.11. The number of ketones is 2. The van der Waals surface area contributed by atoms with Gasteiger partial charge in [-0.15, -0.1) is 0 Å². The fourth-order valence-electron chi connectivity index (χ4n) is 2.63. The molecule has 0 N–H and O–H groups in total. The Hall–Kier alpha value is -3.31. The Bertz CT molecular complexity index is 1030. The number of ether oxygens (including phenoxy) is 2. The monoisotopic (exact) mass is 380 g/mol. The number of Topliss-reactive ketones (excluding diaryl/α,β-unsaturated/α-hetero) is 2. The second kappa shape index (κ2) is 7.13. The van der Waals surface area contributed by atoms with Crippen molar-refractivity contribution in [3.8, 4) is 11.5 Å². The first-order valence-corrected chi connectivity index (χ1v) is 8.51. The normalized spacial score (nSPS) is 14.1. The average molecular weight is 381 g/mol. The Labute approximate surface area is 159 Å². The van der Waals surface area contributed by atoms with E-state index in [9.17, 15) is 9.59 Å². The SMILES string of the molecule is O=C(COc1ccc2c(c1)O/C(=C\c1ccco1)C2=O)c1ccc(Cl)cc1. The molecule has 0 bridgehead atoms. The van der Waals surface area contributed by atoms with Crippen LogP contribution in [0.15, 0.2) is 71.0 Å². The summed E-state index contributed by atoms with van der Waals surface area (Å²) in [5.74, 6) is 1.11. The molecule has 3 aromatic rings. The molecule has 0 radical (unpaired) electrons. The molecule has 1 aliphatic rings. The molecular weight excluding hydrogens is 368 g/mol. The molecule has 2 heterocycles. The van der Waals surface area contributed by atoms with E-state index in [0.717, 1.165) is 0 Å². The third-order valence-corrected chi connectivity index (χ3v) is 4.25. The van der Waals surface area contributed by atoms with Crippen molar-refractivity contribution >= 4 is 29.2 Å². The van der Waals surface area contributed by atoms with Gasteiger partial charge in [0.05, 0.1) is 11.8 Å². The van der Waals surface area contributed by atoms with Gasteiger partial charge in [-0.1, -0.05) is 11.6 Å². The van der Waals surface area contributed by atoms with Crippen LogP contribution in [0.4, 0.5) is 0 Å². The van der Waals surface area contributed by atoms with E-state index in [-0.39, 0.29) is 23.9 Å². The van der Waals surface area contributed by atoms with E-state index in [1.54, 1.807) is 54.6 Å². The van der Waals surface area contributed by atoms with Gasteiger partial charge in [0.15, 0.2) is 18.1 Å². The van der Waals surface area contributed by atoms with Crippen LogP contribution in [0.2, 0.25) is 5.02 Å². The second-order valence-corrected chi connectivity index (χ2v) is 6.27. The molecule has 5 nitrogen and oxygen atoms in total. The summed E-state index contributed by atoms with van der Waals surface area (Å²) < 4.78 is 16.4. The fraction of sp³-hybridized carbons (Fsp3) is 0.0476. The van der Waals surface area contributed by atoms with Crippen LogP contribution in [0.1, 0.15) is 26.5 Å². The minimum atomic E-state index is -0.231. The van der Waals surface area contributed by atoms with E-state index in [1.165, 1.54) is 12.3 Å². The molecule has 0 unspecified atom stereocenters. The number of carbonyl (C=O) groups is 2. The van der Waals surface area contributed by atoms with Gasteiger partial charge in [0.2, 0.25) is 5.78 Å². The standard InChI is InChI=1S/C21H13ClO5/c22-14-5-3-13(4-6-14)18(23)12-26-16-7-8-17-19(10-16)27-20(21(17)24)11-15-2-1-9-25-15/h1-11H,12H2/b20-11-. The molecule has 1 aromatic heterocycles. The van der Waals surface area contributed by atoms with Gasteiger partial charge in [-0.25, -0.2) is 0 Å². The van der Waals surface area contributed by atoms with Crippen molar-refractivity contribution in [1.82, 2.24) is 0 Å². The number of hydrogen-bond donors (Lipinski definition) is 0. The molecule has 1 aliphatic heterocycles. The van der Waals surface area contributed by atoms with Crippen LogP contribution in [0.3, 0.4) is 0 Å². The van der Waals surface area contributed by atoms with E-state index in [0.29, 0.717) is 33.4 Å². The molecule has 2 aromatic carbocycles. The minimum Gasteiger partial charge on any atom is -0.485 e. The Morgan fingerprint density at radius 2 is 1.93 bits per heavy atom. The molecule has 0 amide bonds. The van der Waals surface area contributed by atoms with E-state index >= 15 is 0 Å². The van der Waals surface area contributed by atoms with Crippen molar-refractivity contribution in [2.75, 3.05) is 6.61 Å². The number of hydrogen-bond acceptors (Lipinski definition) is 5. The van der Waals surface area contributed by atoms with Crippen molar-refractivity contribution in [3.05, 3.63) is 88.5 Å². The van der Waals surface area contributed by atoms with Crippen molar-refractivity contribution in [2.24, 2.45) is 0 Å². The molecule has 0 spiro atoms. The van der Waals surface area contributed by atoms with Gasteiger partial charge in [0.25, 0.3) is 0 Å². The Kier molecular flexibility index (Phi) is 4.52. The number of allylic oxidation sites excluding steroid dienone is 1. The van der Waals surface area contributed by atoms with Crippen LogP contribution >= 0.6 is 11.6 Å². The predicted octanol–water partition coefficient (Wildman–Crippen LogP) is 4.81. The number of carbonyl (C=O) groups excluding carboxylic acids is 2. The molecule has 6 heteroatoms. The summed E-state index contributed by atoms with van der Waals surface area (Å²) in [7, 11) is 0. The summed E-state index contributed by atoms with van der Waals surface area (Å²) in [5, 5.41) is 0.561. The van der Waals surface area contributed by atoms with E-state index in [4.69, 9.17) is 25.5 Å². The molecule has 0 aliphatic carbocycles. The third kappa shape index (κ3) is 3.64. The highest BCUT2D eigenvalue weighted by molar-refractivity contribution is 6.30. The minimum absolute atomic E-state index is 0.135. The molecule has 0 saturated carbocycles. The smallest absolute Gasteiger partial charge is 0.232 e. The summed E-state index contributed by atoms with van der Waals surface area (Å²) in [5.41, 5.74) is 0.944. The zero-order valence-electron chi connectivity index (χ0n) is 14.0. The van der Waals surface area contributed by atoms with Crippen LogP contribution in [0.25, 0.3) is 6.08 Å². The van der Waals surface area contributed by atoms with E-state index in [1.807, 2.05) is 0 Å². The summed E-state index contributed by atoms with van der Waals surface area (Å²) in [6.45, 7) is -0.135. The number of fused-ring (bicyclic) bond motifs is 1. The average Bonchev–Trinajstić information content (AvgIpc) is 3.29. The van der Waals surface area contributed by atoms with E-state index in [2.05, 4.69) is 0 Å². The lowest BCUT2D eigenvalue weighted by molar-refractivity contribution is 0.0921. The molecule has 134 valence electrons. The van der Waals surface area contributed by atoms with Crippen LogP contribution < -0.4 is 9.47 Å². The van der Waals surface area contributed by atoms with Gasteiger partial charge in [0, 0.05) is 22.7 Å². The largest absolute Gasteiger partial charge is 0.485 e. The van der Waals surface area contributed by atoms with Gasteiger partial charge >= 0.3 is 0 Å². The second-order valence-electron chi connectivity index (χ2n) is 5.83. The summed E-state index contributed by atoms with van der Waals surface area (Å²) in [6.07, 6.45) is 3.05. The summed E-state index contributed by atoms with van der Waals surface area (Å²) in [6, 6.07) is 14.9. The highest BCUT2D eigenvalue weighted by atomic mass is 35.5. The van der Waals surface area contributed by atoms with Crippen molar-refractivity contribution in [1.29, 1.82) is 0 Å². The predicted molar refractivity (Wildman–Crippen MR) is 99.4 cm³/mol. The van der Waals surface area contributed by atoms with Crippen LogP contribution in [0, 0.1) is 0 Å². The quantitative estimate of drug-likeness (QED) is 0.469. The molecular formula is C21H13ClO5. The first-order chi connectivity index (χ1) is 13.1. The van der Waals surface area contributed by atoms with Gasteiger partial charge in [-0.2, -0.15) is 0 Å². The Morgan fingerprint density at radius 1 is 1.11 bits per heavy atom. The first-order valence-electron chi connectivity index (χ1n) is 8.13. The summed E-state index contributed by atoms with van der Waals surface area (Å²) in [4.78, 5) is 24.5. The van der Waals surface area contributed by atoms with Crippen molar-refractivity contribution in [2.45, 2.75) is 0 Å². The maximum atomic E-state index is 12.4. The lowest BCUT2D eigenvalue weighted by atomic mass is 10.1. The number of rotatable bonds is 5. The maximum Gasteiger partial charge on any atom is 0.232 e. The summed E-state index contributed by atoms with van der Waals surface area (Å²) >= 11 is 5.82. The van der Waals surface area contributed by atoms with Crippen LogP contribution in [-0.2, 0) is 0 Å². The maximum absolute atomic E-state index is 12.4. The highest BCUT2D eigenvalue weighted by Crippen LogP contribution is 2.35. The van der Waals surface area contributed by atoms with Crippen molar-refractivity contribution in [3.63, 3.8) is 0 Å². The van der Waals surface area contributed by atoms with Crippen LogP contribution in [-0.4, -0.2) is 18.2 Å². The molecule has 0 saturated heterocycles. The zero-order valence-corrected chi connectivity index (χ0v) is 14.7. The topological polar surface area (TPSA) is 65.7 Å². The number of furan rings is 1. The lowest BCUT2D eigenvalue weighted by Gasteiger charge is -2.07. The number of halogens is 1. The third-order valence-electron chi connectivity index (χ3n) is 3.99. The zero-order chi connectivity index (χ0) is 18.8. The highest BCUT2D eigenvalue weighted by Gasteiger charge is 2.28. The molecule has 27 heavy (non-hydrogen) atoms. The van der Waals surface area contributed by atoms with Gasteiger partial charge in [-0.3, -0.25) is 9.59 Å². The number of benzene rings is 2. The van der Waals surface area contributed by atoms with Gasteiger partial charge < -0.3 is 13.9 Å². The molecule has 4 rings (SSSR count).